The molecule has 0 aromatic carbocycles. The van der Waals surface area contributed by atoms with E-state index in [9.17, 15) is 9.90 Å². The number of aliphatic hydroxyl groups excluding tert-OH is 1. The van der Waals surface area contributed by atoms with Crippen molar-refractivity contribution in [3.05, 3.63) is 11.6 Å². The molecule has 0 aromatic rings. The molecule has 0 amide bonds. The number of aliphatic hydroxyl groups is 1. The molecule has 3 heteroatoms. The van der Waals surface area contributed by atoms with Gasteiger partial charge >= 0.3 is 0 Å². The SMILES string of the molecule is CC.CC(C)(C)C=O.COCC1=CC(O)CC(C)(C)C1. The number of methoxy groups -OCH3 is 1. The molecule has 20 heavy (non-hydrogen) atoms. The Morgan fingerprint density at radius 3 is 2.15 bits per heavy atom. The molecule has 0 fully saturated rings. The van der Waals surface area contributed by atoms with Gasteiger partial charge in [0.15, 0.2) is 0 Å². The molecule has 1 atom stereocenters. The summed E-state index contributed by atoms with van der Waals surface area (Å²) in [5, 5.41) is 9.51. The molecule has 120 valence electrons. The number of rotatable bonds is 2. The van der Waals surface area contributed by atoms with Crippen LogP contribution < -0.4 is 0 Å². The van der Waals surface area contributed by atoms with Crippen LogP contribution in [0.3, 0.4) is 0 Å². The van der Waals surface area contributed by atoms with Crippen LogP contribution in [0.25, 0.3) is 0 Å². The van der Waals surface area contributed by atoms with Crippen LogP contribution in [0.15, 0.2) is 11.6 Å². The highest BCUT2D eigenvalue weighted by Crippen LogP contribution is 2.35. The Bertz CT molecular complexity index is 285. The fraction of sp³-hybridized carbons (Fsp3) is 0.824. The molecule has 0 heterocycles. The predicted molar refractivity (Wildman–Crippen MR) is 85.8 cm³/mol. The van der Waals surface area contributed by atoms with Gasteiger partial charge in [0.1, 0.15) is 6.29 Å². The van der Waals surface area contributed by atoms with Crippen molar-refractivity contribution in [3.63, 3.8) is 0 Å². The van der Waals surface area contributed by atoms with E-state index in [1.54, 1.807) is 7.11 Å². The lowest BCUT2D eigenvalue weighted by molar-refractivity contribution is -0.113. The summed E-state index contributed by atoms with van der Waals surface area (Å²) in [6.45, 7) is 14.6. The molecule has 0 saturated carbocycles. The van der Waals surface area contributed by atoms with E-state index < -0.39 is 0 Å². The average Bonchev–Trinajstić information content (AvgIpc) is 2.29. The van der Waals surface area contributed by atoms with Crippen molar-refractivity contribution in [1.82, 2.24) is 0 Å². The fourth-order valence-corrected chi connectivity index (χ4v) is 1.93. The third-order valence-electron chi connectivity index (χ3n) is 2.58. The van der Waals surface area contributed by atoms with Crippen LogP contribution in [0.4, 0.5) is 0 Å². The standard InChI is InChI=1S/C10H18O2.C5H10O.C2H6/c1-10(2)5-8(7-12-3)4-9(11)6-10;1-5(2,3)4-6;1-2/h4,9,11H,5-7H2,1-3H3;4H,1-3H3;1-2H3. The molecule has 1 rings (SSSR count). The Hall–Kier alpha value is -0.670. The summed E-state index contributed by atoms with van der Waals surface area (Å²) in [6, 6.07) is 0. The summed E-state index contributed by atoms with van der Waals surface area (Å²) in [7, 11) is 1.69. The Balaban J connectivity index is 0. The Kier molecular flexibility index (Phi) is 10.9. The van der Waals surface area contributed by atoms with Gasteiger partial charge in [-0.3, -0.25) is 0 Å². The second-order valence-corrected chi connectivity index (χ2v) is 6.85. The van der Waals surface area contributed by atoms with Crippen LogP contribution >= 0.6 is 0 Å². The molecule has 0 radical (unpaired) electrons. The number of carbonyl (C=O) groups excluding carboxylic acids is 1. The van der Waals surface area contributed by atoms with E-state index >= 15 is 0 Å². The molecule has 1 aliphatic carbocycles. The lowest BCUT2D eigenvalue weighted by Crippen LogP contribution is -2.26. The summed E-state index contributed by atoms with van der Waals surface area (Å²) in [6.07, 6.45) is 4.48. The Morgan fingerprint density at radius 2 is 1.85 bits per heavy atom. The van der Waals surface area contributed by atoms with Gasteiger partial charge in [-0.05, 0) is 23.8 Å². The molecule has 1 aliphatic rings. The molecular formula is C17H34O3. The quantitative estimate of drug-likeness (QED) is 0.616. The first-order valence-corrected chi connectivity index (χ1v) is 7.42. The maximum atomic E-state index is 9.83. The first-order chi connectivity index (χ1) is 9.09. The summed E-state index contributed by atoms with van der Waals surface area (Å²) in [5.41, 5.74) is 1.31. The zero-order chi connectivity index (χ0) is 16.4. The monoisotopic (exact) mass is 286 g/mol. The minimum Gasteiger partial charge on any atom is -0.389 e. The maximum Gasteiger partial charge on any atom is 0.125 e. The second kappa shape index (κ2) is 10.1. The molecule has 0 saturated heterocycles. The summed E-state index contributed by atoms with van der Waals surface area (Å²) in [5.74, 6) is 0. The average molecular weight is 286 g/mol. The van der Waals surface area contributed by atoms with Gasteiger partial charge < -0.3 is 14.6 Å². The molecule has 1 N–H and O–H groups in total. The van der Waals surface area contributed by atoms with Gasteiger partial charge in [0.2, 0.25) is 0 Å². The molecule has 0 bridgehead atoms. The van der Waals surface area contributed by atoms with E-state index in [4.69, 9.17) is 4.74 Å². The topological polar surface area (TPSA) is 46.5 Å². The molecule has 0 spiro atoms. The van der Waals surface area contributed by atoms with Crippen LogP contribution in [-0.2, 0) is 9.53 Å². The summed E-state index contributed by atoms with van der Waals surface area (Å²) < 4.78 is 5.04. The van der Waals surface area contributed by atoms with Gasteiger partial charge in [-0.2, -0.15) is 0 Å². The minimum atomic E-state index is -0.279. The van der Waals surface area contributed by atoms with Gasteiger partial charge in [-0.25, -0.2) is 0 Å². The Labute approximate surface area is 125 Å². The zero-order valence-corrected chi connectivity index (χ0v) is 14.6. The van der Waals surface area contributed by atoms with Crippen molar-refractivity contribution in [1.29, 1.82) is 0 Å². The summed E-state index contributed by atoms with van der Waals surface area (Å²) in [4.78, 5) is 9.83. The van der Waals surface area contributed by atoms with E-state index in [1.807, 2.05) is 40.7 Å². The third kappa shape index (κ3) is 12.4. The van der Waals surface area contributed by atoms with E-state index in [0.29, 0.717) is 6.61 Å². The van der Waals surface area contributed by atoms with Crippen LogP contribution in [0, 0.1) is 10.8 Å². The highest BCUT2D eigenvalue weighted by Gasteiger charge is 2.27. The second-order valence-electron chi connectivity index (χ2n) is 6.85. The summed E-state index contributed by atoms with van der Waals surface area (Å²) >= 11 is 0. The fourth-order valence-electron chi connectivity index (χ4n) is 1.93. The van der Waals surface area contributed by atoms with Crippen molar-refractivity contribution in [2.45, 2.75) is 67.4 Å². The maximum absolute atomic E-state index is 9.83. The number of hydrogen-bond acceptors (Lipinski definition) is 3. The van der Waals surface area contributed by atoms with Gasteiger partial charge in [-0.15, -0.1) is 0 Å². The van der Waals surface area contributed by atoms with Crippen molar-refractivity contribution in [2.75, 3.05) is 13.7 Å². The van der Waals surface area contributed by atoms with E-state index in [-0.39, 0.29) is 16.9 Å². The zero-order valence-electron chi connectivity index (χ0n) is 14.6. The first-order valence-electron chi connectivity index (χ1n) is 7.42. The van der Waals surface area contributed by atoms with Crippen LogP contribution in [0.5, 0.6) is 0 Å². The number of carbonyl (C=O) groups is 1. The lowest BCUT2D eigenvalue weighted by atomic mass is 9.76. The van der Waals surface area contributed by atoms with E-state index in [2.05, 4.69) is 13.8 Å². The van der Waals surface area contributed by atoms with Crippen molar-refractivity contribution in [3.8, 4) is 0 Å². The van der Waals surface area contributed by atoms with E-state index in [1.165, 1.54) is 5.57 Å². The van der Waals surface area contributed by atoms with E-state index in [0.717, 1.165) is 19.1 Å². The normalized spacial score (nSPS) is 20.6. The molecule has 1 unspecified atom stereocenters. The third-order valence-corrected chi connectivity index (χ3v) is 2.58. The predicted octanol–water partition coefficient (Wildman–Crippen LogP) is 4.00. The van der Waals surface area contributed by atoms with Gasteiger partial charge in [0.05, 0.1) is 12.7 Å². The van der Waals surface area contributed by atoms with Crippen LogP contribution in [0.1, 0.15) is 61.3 Å². The first kappa shape index (κ1) is 21.6. The lowest BCUT2D eigenvalue weighted by Gasteiger charge is -2.32. The minimum absolute atomic E-state index is 0.139. The van der Waals surface area contributed by atoms with Gasteiger partial charge in [-0.1, -0.05) is 54.5 Å². The van der Waals surface area contributed by atoms with Crippen LogP contribution in [0.2, 0.25) is 0 Å². The van der Waals surface area contributed by atoms with Crippen molar-refractivity contribution < 1.29 is 14.6 Å². The highest BCUT2D eigenvalue weighted by molar-refractivity contribution is 5.56. The van der Waals surface area contributed by atoms with Crippen molar-refractivity contribution >= 4 is 6.29 Å². The Morgan fingerprint density at radius 1 is 1.40 bits per heavy atom. The molecule has 0 aliphatic heterocycles. The van der Waals surface area contributed by atoms with Gasteiger partial charge in [0.25, 0.3) is 0 Å². The van der Waals surface area contributed by atoms with Crippen molar-refractivity contribution in [2.24, 2.45) is 10.8 Å². The molecule has 0 aromatic heterocycles. The smallest absolute Gasteiger partial charge is 0.125 e. The highest BCUT2D eigenvalue weighted by atomic mass is 16.5. The van der Waals surface area contributed by atoms with Crippen LogP contribution in [-0.4, -0.2) is 31.2 Å². The molecule has 3 nitrogen and oxygen atoms in total. The van der Waals surface area contributed by atoms with Gasteiger partial charge in [0, 0.05) is 12.5 Å². The largest absolute Gasteiger partial charge is 0.389 e. The molecular weight excluding hydrogens is 252 g/mol. The number of ether oxygens (including phenoxy) is 1. The number of hydrogen-bond donors (Lipinski definition) is 1. The number of aldehydes is 1.